The first-order valence-corrected chi connectivity index (χ1v) is 9.92. The van der Waals surface area contributed by atoms with Crippen LogP contribution in [0.1, 0.15) is 52.7 Å². The van der Waals surface area contributed by atoms with Gasteiger partial charge in [0.05, 0.1) is 12.3 Å². The number of guanidine groups is 1. The lowest BCUT2D eigenvalue weighted by Crippen LogP contribution is -2.44. The average molecular weight is 379 g/mol. The van der Waals surface area contributed by atoms with Crippen LogP contribution in [0.25, 0.3) is 0 Å². The summed E-state index contributed by atoms with van der Waals surface area (Å²) in [5.41, 5.74) is -0.484. The molecule has 0 saturated carbocycles. The maximum absolute atomic E-state index is 12.0. The Kier molecular flexibility index (Phi) is 8.00. The van der Waals surface area contributed by atoms with Crippen molar-refractivity contribution in [3.8, 4) is 0 Å². The SMILES string of the molecule is CCCCN=C(NCCc1ccco1)N1CCC(NC(=O)OC(C)(C)C)C1. The molecule has 1 saturated heterocycles. The van der Waals surface area contributed by atoms with Gasteiger partial charge < -0.3 is 24.7 Å². The summed E-state index contributed by atoms with van der Waals surface area (Å²) in [4.78, 5) is 18.9. The Morgan fingerprint density at radius 2 is 2.26 bits per heavy atom. The lowest BCUT2D eigenvalue weighted by Gasteiger charge is -2.23. The maximum Gasteiger partial charge on any atom is 0.407 e. The highest BCUT2D eigenvalue weighted by Gasteiger charge is 2.27. The number of rotatable bonds is 7. The van der Waals surface area contributed by atoms with Crippen molar-refractivity contribution < 1.29 is 13.9 Å². The molecule has 27 heavy (non-hydrogen) atoms. The standard InChI is InChI=1S/C20H34N4O3/c1-5-6-11-21-18(22-12-9-17-8-7-14-26-17)24-13-10-16(15-24)23-19(25)27-20(2,3)4/h7-8,14,16H,5-6,9-13,15H2,1-4H3,(H,21,22)(H,23,25). The average Bonchev–Trinajstić information content (AvgIpc) is 3.23. The Bertz CT molecular complexity index is 593. The third kappa shape index (κ3) is 7.93. The second-order valence-electron chi connectivity index (χ2n) is 7.89. The first kappa shape index (κ1) is 21.1. The number of furan rings is 1. The van der Waals surface area contributed by atoms with E-state index in [1.807, 2.05) is 32.9 Å². The number of nitrogens with zero attached hydrogens (tertiary/aromatic N) is 2. The third-order valence-corrected chi connectivity index (χ3v) is 4.22. The molecule has 1 aromatic heterocycles. The minimum absolute atomic E-state index is 0.0723. The van der Waals surface area contributed by atoms with Crippen LogP contribution in [0.2, 0.25) is 0 Å². The largest absolute Gasteiger partial charge is 0.469 e. The topological polar surface area (TPSA) is 79.1 Å². The molecule has 1 aromatic rings. The number of carbonyl (C=O) groups is 1. The Labute approximate surface area is 162 Å². The molecule has 1 atom stereocenters. The van der Waals surface area contributed by atoms with Crippen LogP contribution >= 0.6 is 0 Å². The smallest absolute Gasteiger partial charge is 0.407 e. The number of ether oxygens (including phenoxy) is 1. The highest BCUT2D eigenvalue weighted by atomic mass is 16.6. The predicted molar refractivity (Wildman–Crippen MR) is 107 cm³/mol. The van der Waals surface area contributed by atoms with Crippen molar-refractivity contribution in [2.45, 2.75) is 65.0 Å². The molecule has 7 heteroatoms. The predicted octanol–water partition coefficient (Wildman–Crippen LogP) is 3.17. The van der Waals surface area contributed by atoms with Crippen molar-refractivity contribution >= 4 is 12.1 Å². The molecule has 1 fully saturated rings. The van der Waals surface area contributed by atoms with Crippen molar-refractivity contribution in [1.82, 2.24) is 15.5 Å². The van der Waals surface area contributed by atoms with Gasteiger partial charge in [-0.3, -0.25) is 4.99 Å². The van der Waals surface area contributed by atoms with Gasteiger partial charge in [-0.1, -0.05) is 13.3 Å². The molecular weight excluding hydrogens is 344 g/mol. The maximum atomic E-state index is 12.0. The second-order valence-corrected chi connectivity index (χ2v) is 7.89. The normalized spacial score (nSPS) is 17.9. The minimum atomic E-state index is -0.484. The molecule has 7 nitrogen and oxygen atoms in total. The van der Waals surface area contributed by atoms with Gasteiger partial charge in [0.2, 0.25) is 0 Å². The zero-order valence-corrected chi connectivity index (χ0v) is 17.1. The molecular formula is C20H34N4O3. The van der Waals surface area contributed by atoms with Crippen LogP contribution in [0.5, 0.6) is 0 Å². The minimum Gasteiger partial charge on any atom is -0.469 e. The van der Waals surface area contributed by atoms with Crippen LogP contribution in [0.3, 0.4) is 0 Å². The van der Waals surface area contributed by atoms with Gasteiger partial charge in [0.1, 0.15) is 11.4 Å². The summed E-state index contributed by atoms with van der Waals surface area (Å²) in [6.45, 7) is 10.9. The van der Waals surface area contributed by atoms with Gasteiger partial charge in [-0.25, -0.2) is 4.79 Å². The van der Waals surface area contributed by atoms with Crippen molar-refractivity contribution in [2.75, 3.05) is 26.2 Å². The number of amides is 1. The summed E-state index contributed by atoms with van der Waals surface area (Å²) in [6.07, 6.45) is 5.21. The van der Waals surface area contributed by atoms with E-state index in [4.69, 9.17) is 14.1 Å². The summed E-state index contributed by atoms with van der Waals surface area (Å²) in [7, 11) is 0. The number of likely N-dealkylation sites (tertiary alicyclic amines) is 1. The Hall–Kier alpha value is -2.18. The summed E-state index contributed by atoms with van der Waals surface area (Å²) >= 11 is 0. The van der Waals surface area contributed by atoms with E-state index in [1.54, 1.807) is 6.26 Å². The first-order chi connectivity index (χ1) is 12.9. The number of hydrogen-bond donors (Lipinski definition) is 2. The number of carbonyl (C=O) groups excluding carboxylic acids is 1. The molecule has 0 bridgehead atoms. The second kappa shape index (κ2) is 10.2. The van der Waals surface area contributed by atoms with E-state index in [1.165, 1.54) is 0 Å². The molecule has 1 unspecified atom stereocenters. The molecule has 0 aliphatic carbocycles. The van der Waals surface area contributed by atoms with Gasteiger partial charge in [-0.05, 0) is 45.7 Å². The molecule has 2 N–H and O–H groups in total. The Morgan fingerprint density at radius 3 is 2.93 bits per heavy atom. The van der Waals surface area contributed by atoms with E-state index in [2.05, 4.69) is 22.5 Å². The van der Waals surface area contributed by atoms with Gasteiger partial charge in [0.25, 0.3) is 0 Å². The van der Waals surface area contributed by atoms with Crippen LogP contribution in [-0.4, -0.2) is 54.8 Å². The van der Waals surface area contributed by atoms with Gasteiger partial charge >= 0.3 is 6.09 Å². The number of nitrogens with one attached hydrogen (secondary N) is 2. The summed E-state index contributed by atoms with van der Waals surface area (Å²) in [5.74, 6) is 1.87. The number of hydrogen-bond acceptors (Lipinski definition) is 4. The number of aliphatic imine (C=N–C) groups is 1. The fourth-order valence-corrected chi connectivity index (χ4v) is 2.91. The van der Waals surface area contributed by atoms with Crippen molar-refractivity contribution in [1.29, 1.82) is 0 Å². The number of alkyl carbamates (subject to hydrolysis) is 1. The van der Waals surface area contributed by atoms with Crippen molar-refractivity contribution in [3.63, 3.8) is 0 Å². The lowest BCUT2D eigenvalue weighted by molar-refractivity contribution is 0.0507. The quantitative estimate of drug-likeness (QED) is 0.433. The molecule has 2 heterocycles. The zero-order valence-electron chi connectivity index (χ0n) is 17.1. The van der Waals surface area contributed by atoms with Crippen molar-refractivity contribution in [2.24, 2.45) is 4.99 Å². The van der Waals surface area contributed by atoms with E-state index in [-0.39, 0.29) is 12.1 Å². The van der Waals surface area contributed by atoms with E-state index < -0.39 is 5.60 Å². The summed E-state index contributed by atoms with van der Waals surface area (Å²) in [6, 6.07) is 3.95. The van der Waals surface area contributed by atoms with Gasteiger partial charge in [0.15, 0.2) is 5.96 Å². The molecule has 0 radical (unpaired) electrons. The highest BCUT2D eigenvalue weighted by molar-refractivity contribution is 5.80. The third-order valence-electron chi connectivity index (χ3n) is 4.22. The van der Waals surface area contributed by atoms with E-state index in [0.29, 0.717) is 0 Å². The van der Waals surface area contributed by atoms with Crippen LogP contribution in [0.4, 0.5) is 4.79 Å². The monoisotopic (exact) mass is 378 g/mol. The highest BCUT2D eigenvalue weighted by Crippen LogP contribution is 2.12. The molecule has 1 amide bonds. The van der Waals surface area contributed by atoms with Crippen molar-refractivity contribution in [3.05, 3.63) is 24.2 Å². The fraction of sp³-hybridized carbons (Fsp3) is 0.700. The molecule has 152 valence electrons. The van der Waals surface area contributed by atoms with Crippen LogP contribution in [-0.2, 0) is 11.2 Å². The lowest BCUT2D eigenvalue weighted by atomic mass is 10.2. The van der Waals surface area contributed by atoms with Crippen LogP contribution in [0.15, 0.2) is 27.8 Å². The fourth-order valence-electron chi connectivity index (χ4n) is 2.91. The van der Waals surface area contributed by atoms with Gasteiger partial charge in [0, 0.05) is 32.6 Å². The molecule has 0 aromatic carbocycles. The van der Waals surface area contributed by atoms with Crippen LogP contribution < -0.4 is 10.6 Å². The van der Waals surface area contributed by atoms with Gasteiger partial charge in [-0.2, -0.15) is 0 Å². The number of unbranched alkanes of at least 4 members (excludes halogenated alkanes) is 1. The molecule has 2 rings (SSSR count). The Morgan fingerprint density at radius 1 is 1.44 bits per heavy atom. The molecule has 1 aliphatic rings. The first-order valence-electron chi connectivity index (χ1n) is 9.92. The molecule has 1 aliphatic heterocycles. The summed E-state index contributed by atoms with van der Waals surface area (Å²) in [5, 5.41) is 6.41. The molecule has 0 spiro atoms. The zero-order chi connectivity index (χ0) is 19.7. The van der Waals surface area contributed by atoms with Crippen LogP contribution in [0, 0.1) is 0 Å². The van der Waals surface area contributed by atoms with Gasteiger partial charge in [-0.15, -0.1) is 0 Å². The van der Waals surface area contributed by atoms with E-state index in [0.717, 1.165) is 63.6 Å². The van der Waals surface area contributed by atoms with E-state index in [9.17, 15) is 4.79 Å². The Balaban J connectivity index is 1.85. The summed E-state index contributed by atoms with van der Waals surface area (Å²) < 4.78 is 10.7. The van der Waals surface area contributed by atoms with E-state index >= 15 is 0 Å².